The summed E-state index contributed by atoms with van der Waals surface area (Å²) in [6.45, 7) is 14.1. The molecule has 0 aliphatic heterocycles. The lowest BCUT2D eigenvalue weighted by Crippen LogP contribution is -2.10. The second kappa shape index (κ2) is 8.27. The Bertz CT molecular complexity index is 408. The quantitative estimate of drug-likeness (QED) is 0.379. The minimum absolute atomic E-state index is 0.226. The van der Waals surface area contributed by atoms with Crippen molar-refractivity contribution in [2.45, 2.75) is 62.2 Å². The van der Waals surface area contributed by atoms with Crippen LogP contribution in [0.25, 0.3) is 0 Å². The highest BCUT2D eigenvalue weighted by molar-refractivity contribution is 8.17. The molecule has 0 N–H and O–H groups in total. The molecule has 122 valence electrons. The zero-order valence-corrected chi connectivity index (χ0v) is 18.5. The SMILES string of the molecule is CSCSc1c(C(C)(C)C)sc(C(C)(C)C)c1SCSC. The van der Waals surface area contributed by atoms with Gasteiger partial charge in [0.05, 0.1) is 0 Å². The van der Waals surface area contributed by atoms with E-state index in [0.29, 0.717) is 0 Å². The largest absolute Gasteiger partial charge is 0.154 e. The highest BCUT2D eigenvalue weighted by atomic mass is 32.2. The molecular formula is C16H28S5. The maximum absolute atomic E-state index is 2.34. The number of thiophene rings is 1. The zero-order chi connectivity index (χ0) is 16.3. The molecule has 0 aliphatic rings. The number of rotatable bonds is 6. The summed E-state index contributed by atoms with van der Waals surface area (Å²) in [6, 6.07) is 0. The Hall–Kier alpha value is 1.10. The van der Waals surface area contributed by atoms with Crippen LogP contribution in [0.4, 0.5) is 0 Å². The van der Waals surface area contributed by atoms with Gasteiger partial charge in [0.2, 0.25) is 0 Å². The minimum atomic E-state index is 0.226. The van der Waals surface area contributed by atoms with Crippen molar-refractivity contribution in [2.24, 2.45) is 0 Å². The van der Waals surface area contributed by atoms with Gasteiger partial charge >= 0.3 is 0 Å². The first-order valence-electron chi connectivity index (χ1n) is 7.04. The third kappa shape index (κ3) is 5.59. The highest BCUT2D eigenvalue weighted by Gasteiger charge is 2.31. The van der Waals surface area contributed by atoms with Crippen LogP contribution in [0.2, 0.25) is 0 Å². The van der Waals surface area contributed by atoms with Crippen molar-refractivity contribution >= 4 is 58.4 Å². The maximum atomic E-state index is 2.34. The number of hydrogen-bond acceptors (Lipinski definition) is 5. The van der Waals surface area contributed by atoms with Crippen molar-refractivity contribution in [1.29, 1.82) is 0 Å². The van der Waals surface area contributed by atoms with Gasteiger partial charge in [0.25, 0.3) is 0 Å². The molecule has 0 radical (unpaired) electrons. The van der Waals surface area contributed by atoms with E-state index in [0.717, 1.165) is 10.2 Å². The predicted molar refractivity (Wildman–Crippen MR) is 110 cm³/mol. The molecule has 1 aromatic heterocycles. The monoisotopic (exact) mass is 380 g/mol. The van der Waals surface area contributed by atoms with Crippen molar-refractivity contribution in [3.63, 3.8) is 0 Å². The molecule has 0 saturated heterocycles. The first-order chi connectivity index (χ1) is 9.62. The molecule has 0 fully saturated rings. The van der Waals surface area contributed by atoms with Gasteiger partial charge in [0.1, 0.15) is 0 Å². The molecule has 21 heavy (non-hydrogen) atoms. The Morgan fingerprint density at radius 2 is 1.05 bits per heavy atom. The molecule has 0 atom stereocenters. The van der Waals surface area contributed by atoms with E-state index in [1.165, 1.54) is 0 Å². The smallest absolute Gasteiger partial charge is 0.0437 e. The normalized spacial score (nSPS) is 13.0. The van der Waals surface area contributed by atoms with E-state index >= 15 is 0 Å². The lowest BCUT2D eigenvalue weighted by atomic mass is 9.93. The lowest BCUT2D eigenvalue weighted by molar-refractivity contribution is 0.585. The van der Waals surface area contributed by atoms with E-state index in [4.69, 9.17) is 0 Å². The summed E-state index contributed by atoms with van der Waals surface area (Å²) < 4.78 is 0. The molecule has 1 heterocycles. The summed E-state index contributed by atoms with van der Waals surface area (Å²) >= 11 is 9.94. The molecule has 0 aromatic carbocycles. The molecule has 0 aliphatic carbocycles. The van der Waals surface area contributed by atoms with Gasteiger partial charge in [-0.2, -0.15) is 23.5 Å². The third-order valence-electron chi connectivity index (χ3n) is 2.83. The molecule has 5 heteroatoms. The van der Waals surface area contributed by atoms with Crippen molar-refractivity contribution in [3.8, 4) is 0 Å². The van der Waals surface area contributed by atoms with E-state index in [-0.39, 0.29) is 10.8 Å². The Balaban J connectivity index is 3.40. The van der Waals surface area contributed by atoms with Gasteiger partial charge in [-0.3, -0.25) is 0 Å². The maximum Gasteiger partial charge on any atom is 0.0437 e. The van der Waals surface area contributed by atoms with Crippen molar-refractivity contribution in [1.82, 2.24) is 0 Å². The van der Waals surface area contributed by atoms with Crippen LogP contribution in [0, 0.1) is 0 Å². The second-order valence-electron chi connectivity index (χ2n) is 7.02. The van der Waals surface area contributed by atoms with Crippen molar-refractivity contribution in [2.75, 3.05) is 22.7 Å². The standard InChI is InChI=1S/C16H28S5/c1-15(2,3)13-11(19-9-17-7)12(20-10-18-8)14(21-13)16(4,5)6/h9-10H2,1-8H3. The fraction of sp³-hybridized carbons (Fsp3) is 0.750. The lowest BCUT2D eigenvalue weighted by Gasteiger charge is -2.19. The average molecular weight is 381 g/mol. The molecule has 0 unspecified atom stereocenters. The van der Waals surface area contributed by atoms with Crippen LogP contribution in [0.3, 0.4) is 0 Å². The highest BCUT2D eigenvalue weighted by Crippen LogP contribution is 2.51. The van der Waals surface area contributed by atoms with E-state index in [9.17, 15) is 0 Å². The van der Waals surface area contributed by atoms with Gasteiger partial charge in [-0.15, -0.1) is 34.9 Å². The summed E-state index contributed by atoms with van der Waals surface area (Å²) in [5, 5.41) is 2.27. The molecule has 0 amide bonds. The average Bonchev–Trinajstić information content (AvgIpc) is 2.72. The third-order valence-corrected chi connectivity index (χ3v) is 9.48. The van der Waals surface area contributed by atoms with Crippen LogP contribution in [-0.4, -0.2) is 22.7 Å². The van der Waals surface area contributed by atoms with Gasteiger partial charge in [0.15, 0.2) is 0 Å². The van der Waals surface area contributed by atoms with Crippen LogP contribution in [-0.2, 0) is 10.8 Å². The van der Waals surface area contributed by atoms with Crippen LogP contribution in [0.1, 0.15) is 51.3 Å². The van der Waals surface area contributed by atoms with E-state index < -0.39 is 0 Å². The van der Waals surface area contributed by atoms with E-state index in [1.54, 1.807) is 19.5 Å². The summed E-state index contributed by atoms with van der Waals surface area (Å²) in [5.41, 5.74) is 0.452. The van der Waals surface area contributed by atoms with Crippen LogP contribution >= 0.6 is 58.4 Å². The Labute approximate surface area is 152 Å². The van der Waals surface area contributed by atoms with Gasteiger partial charge < -0.3 is 0 Å². The fourth-order valence-corrected chi connectivity index (χ4v) is 7.41. The van der Waals surface area contributed by atoms with Crippen LogP contribution in [0.5, 0.6) is 0 Å². The van der Waals surface area contributed by atoms with Gasteiger partial charge in [0, 0.05) is 29.7 Å². The van der Waals surface area contributed by atoms with Crippen LogP contribution in [0.15, 0.2) is 9.79 Å². The van der Waals surface area contributed by atoms with Gasteiger partial charge in [-0.1, -0.05) is 41.5 Å². The Morgan fingerprint density at radius 1 is 0.714 bits per heavy atom. The summed E-state index contributed by atoms with van der Waals surface area (Å²) in [6.07, 6.45) is 4.38. The van der Waals surface area contributed by atoms with Crippen molar-refractivity contribution in [3.05, 3.63) is 9.75 Å². The molecule has 0 spiro atoms. The molecule has 1 rings (SSSR count). The summed E-state index contributed by atoms with van der Waals surface area (Å²) in [4.78, 5) is 6.22. The topological polar surface area (TPSA) is 0 Å². The molecule has 0 nitrogen and oxygen atoms in total. The first kappa shape index (κ1) is 20.1. The Kier molecular flexibility index (Phi) is 7.94. The summed E-state index contributed by atoms with van der Waals surface area (Å²) in [7, 11) is 0. The van der Waals surface area contributed by atoms with E-state index in [1.807, 2.05) is 58.4 Å². The molecular weight excluding hydrogens is 353 g/mol. The minimum Gasteiger partial charge on any atom is -0.154 e. The van der Waals surface area contributed by atoms with Gasteiger partial charge in [-0.25, -0.2) is 0 Å². The van der Waals surface area contributed by atoms with Crippen molar-refractivity contribution < 1.29 is 0 Å². The molecule has 0 bridgehead atoms. The van der Waals surface area contributed by atoms with Crippen LogP contribution < -0.4 is 0 Å². The van der Waals surface area contributed by atoms with E-state index in [2.05, 4.69) is 54.1 Å². The molecule has 1 aromatic rings. The zero-order valence-electron chi connectivity index (χ0n) is 14.5. The Morgan fingerprint density at radius 3 is 1.29 bits per heavy atom. The molecule has 0 saturated carbocycles. The predicted octanol–water partition coefficient (Wildman–Crippen LogP) is 7.17. The summed E-state index contributed by atoms with van der Waals surface area (Å²) in [5.74, 6) is 0. The van der Waals surface area contributed by atoms with Gasteiger partial charge in [-0.05, 0) is 23.3 Å². The first-order valence-corrected chi connectivity index (χ1v) is 12.6. The number of hydrogen-bond donors (Lipinski definition) is 0. The fourth-order valence-electron chi connectivity index (χ4n) is 1.89. The second-order valence-corrected chi connectivity index (χ2v) is 12.5. The number of thioether (sulfide) groups is 4.